The van der Waals surface area contributed by atoms with Crippen molar-refractivity contribution in [2.45, 2.75) is 26.3 Å². The van der Waals surface area contributed by atoms with E-state index in [1.165, 1.54) is 0 Å². The summed E-state index contributed by atoms with van der Waals surface area (Å²) in [6.07, 6.45) is 0.612. The maximum absolute atomic E-state index is 11.2. The van der Waals surface area contributed by atoms with Crippen LogP contribution in [-0.4, -0.2) is 11.5 Å². The summed E-state index contributed by atoms with van der Waals surface area (Å²) in [5.74, 6) is 0. The van der Waals surface area contributed by atoms with Gasteiger partial charge in [0, 0.05) is 17.7 Å². The van der Waals surface area contributed by atoms with Gasteiger partial charge in [-0.2, -0.15) is 0 Å². The molecule has 0 saturated carbocycles. The van der Waals surface area contributed by atoms with Crippen molar-refractivity contribution in [1.29, 1.82) is 0 Å². The zero-order valence-electron chi connectivity index (χ0n) is 12.4. The molecule has 2 aromatic rings. The van der Waals surface area contributed by atoms with Crippen LogP contribution in [0.5, 0.6) is 0 Å². The second-order valence-corrected chi connectivity index (χ2v) is 5.05. The Balaban J connectivity index is 2.36. The van der Waals surface area contributed by atoms with Crippen LogP contribution in [0.3, 0.4) is 0 Å². The zero-order valence-corrected chi connectivity index (χ0v) is 12.4. The van der Waals surface area contributed by atoms with Gasteiger partial charge in [-0.3, -0.25) is 10.1 Å². The molecule has 0 aliphatic heterocycles. The second kappa shape index (κ2) is 6.99. The van der Waals surface area contributed by atoms with Crippen molar-refractivity contribution < 1.29 is 4.92 Å². The Labute approximate surface area is 125 Å². The molecular formula is C17H20N2O2. The highest BCUT2D eigenvalue weighted by Crippen LogP contribution is 2.27. The molecule has 110 valence electrons. The van der Waals surface area contributed by atoms with Crippen LogP contribution in [0.15, 0.2) is 48.5 Å². The van der Waals surface area contributed by atoms with E-state index in [4.69, 9.17) is 0 Å². The lowest BCUT2D eigenvalue weighted by molar-refractivity contribution is -0.385. The number of hydrogen-bond acceptors (Lipinski definition) is 3. The summed E-state index contributed by atoms with van der Waals surface area (Å²) < 4.78 is 0. The van der Waals surface area contributed by atoms with Crippen molar-refractivity contribution in [2.75, 3.05) is 6.54 Å². The molecule has 1 atom stereocenters. The maximum Gasteiger partial charge on any atom is 0.272 e. The Kier molecular flexibility index (Phi) is 5.06. The van der Waals surface area contributed by atoms with Crippen molar-refractivity contribution in [1.82, 2.24) is 5.32 Å². The molecule has 0 aliphatic rings. The Bertz CT molecular complexity index is 611. The molecule has 0 heterocycles. The molecule has 2 aromatic carbocycles. The molecule has 0 aromatic heterocycles. The van der Waals surface area contributed by atoms with Gasteiger partial charge in [0.2, 0.25) is 0 Å². The van der Waals surface area contributed by atoms with Crippen molar-refractivity contribution >= 4 is 5.69 Å². The Morgan fingerprint density at radius 3 is 2.48 bits per heavy atom. The Morgan fingerprint density at radius 1 is 1.14 bits per heavy atom. The summed E-state index contributed by atoms with van der Waals surface area (Å²) in [6.45, 7) is 4.79. The SMILES string of the molecule is CCNC(Cc1c(C)cccc1[N+](=O)[O-])c1ccccc1. The molecule has 0 aliphatic carbocycles. The smallest absolute Gasteiger partial charge is 0.272 e. The van der Waals surface area contributed by atoms with E-state index in [0.717, 1.165) is 23.2 Å². The molecule has 0 saturated heterocycles. The molecule has 0 spiro atoms. The fourth-order valence-corrected chi connectivity index (χ4v) is 2.57. The van der Waals surface area contributed by atoms with E-state index >= 15 is 0 Å². The average Bonchev–Trinajstić information content (AvgIpc) is 2.49. The number of likely N-dealkylation sites (N-methyl/N-ethyl adjacent to an activating group) is 1. The number of benzene rings is 2. The standard InChI is InChI=1S/C17H20N2O2/c1-3-18-16(14-9-5-4-6-10-14)12-15-13(2)8-7-11-17(15)19(20)21/h4-11,16,18H,3,12H2,1-2H3. The lowest BCUT2D eigenvalue weighted by atomic mass is 9.95. The number of rotatable bonds is 6. The van der Waals surface area contributed by atoms with Gasteiger partial charge in [0.05, 0.1) is 4.92 Å². The third-order valence-corrected chi connectivity index (χ3v) is 3.64. The summed E-state index contributed by atoms with van der Waals surface area (Å²) >= 11 is 0. The van der Waals surface area contributed by atoms with Crippen molar-refractivity contribution in [3.05, 3.63) is 75.3 Å². The molecule has 4 nitrogen and oxygen atoms in total. The summed E-state index contributed by atoms with van der Waals surface area (Å²) in [5, 5.41) is 14.7. The zero-order chi connectivity index (χ0) is 15.2. The van der Waals surface area contributed by atoms with Gasteiger partial charge in [-0.1, -0.05) is 49.4 Å². The maximum atomic E-state index is 11.2. The number of aryl methyl sites for hydroxylation is 1. The minimum absolute atomic E-state index is 0.0796. The van der Waals surface area contributed by atoms with Crippen LogP contribution in [0, 0.1) is 17.0 Å². The van der Waals surface area contributed by atoms with E-state index in [-0.39, 0.29) is 16.7 Å². The number of nitro benzene ring substituents is 1. The number of nitrogens with one attached hydrogen (secondary N) is 1. The normalized spacial score (nSPS) is 12.1. The van der Waals surface area contributed by atoms with Gasteiger partial charge in [-0.05, 0) is 31.0 Å². The summed E-state index contributed by atoms with van der Waals surface area (Å²) in [7, 11) is 0. The molecule has 2 rings (SSSR count). The lowest BCUT2D eigenvalue weighted by Gasteiger charge is -2.19. The molecule has 4 heteroatoms. The fraction of sp³-hybridized carbons (Fsp3) is 0.294. The van der Waals surface area contributed by atoms with Crippen LogP contribution in [0.4, 0.5) is 5.69 Å². The number of hydrogen-bond donors (Lipinski definition) is 1. The predicted octanol–water partition coefficient (Wildman–Crippen LogP) is 3.80. The van der Waals surface area contributed by atoms with Gasteiger partial charge < -0.3 is 5.32 Å². The molecule has 21 heavy (non-hydrogen) atoms. The van der Waals surface area contributed by atoms with Gasteiger partial charge >= 0.3 is 0 Å². The van der Waals surface area contributed by atoms with Crippen LogP contribution in [0.25, 0.3) is 0 Å². The third-order valence-electron chi connectivity index (χ3n) is 3.64. The van der Waals surface area contributed by atoms with Crippen LogP contribution in [0.2, 0.25) is 0 Å². The quantitative estimate of drug-likeness (QED) is 0.648. The number of nitrogens with zero attached hydrogens (tertiary/aromatic N) is 1. The van der Waals surface area contributed by atoms with Crippen LogP contribution < -0.4 is 5.32 Å². The molecule has 0 radical (unpaired) electrons. The fourth-order valence-electron chi connectivity index (χ4n) is 2.57. The molecular weight excluding hydrogens is 264 g/mol. The summed E-state index contributed by atoms with van der Waals surface area (Å²) in [4.78, 5) is 10.9. The van der Waals surface area contributed by atoms with Crippen LogP contribution in [0.1, 0.15) is 29.7 Å². The van der Waals surface area contributed by atoms with Gasteiger partial charge in [-0.15, -0.1) is 0 Å². The van der Waals surface area contributed by atoms with E-state index in [1.807, 2.05) is 38.1 Å². The highest BCUT2D eigenvalue weighted by atomic mass is 16.6. The summed E-state index contributed by atoms with van der Waals surface area (Å²) in [5.41, 5.74) is 3.12. The topological polar surface area (TPSA) is 55.2 Å². The third kappa shape index (κ3) is 3.67. The first-order valence-electron chi connectivity index (χ1n) is 7.14. The first-order valence-corrected chi connectivity index (χ1v) is 7.14. The first-order chi connectivity index (χ1) is 10.1. The molecule has 1 N–H and O–H groups in total. The highest BCUT2D eigenvalue weighted by Gasteiger charge is 2.20. The average molecular weight is 284 g/mol. The molecule has 0 amide bonds. The predicted molar refractivity (Wildman–Crippen MR) is 84.4 cm³/mol. The first kappa shape index (κ1) is 15.2. The van der Waals surface area contributed by atoms with Crippen LogP contribution in [-0.2, 0) is 6.42 Å². The van der Waals surface area contributed by atoms with Crippen LogP contribution >= 0.6 is 0 Å². The second-order valence-electron chi connectivity index (χ2n) is 5.05. The van der Waals surface area contributed by atoms with E-state index in [9.17, 15) is 10.1 Å². The van der Waals surface area contributed by atoms with E-state index in [0.29, 0.717) is 6.42 Å². The Hall–Kier alpha value is -2.20. The molecule has 0 bridgehead atoms. The van der Waals surface area contributed by atoms with E-state index in [1.54, 1.807) is 12.1 Å². The van der Waals surface area contributed by atoms with E-state index < -0.39 is 0 Å². The highest BCUT2D eigenvalue weighted by molar-refractivity contribution is 5.46. The molecule has 0 fully saturated rings. The molecule has 1 unspecified atom stereocenters. The lowest BCUT2D eigenvalue weighted by Crippen LogP contribution is -2.23. The summed E-state index contributed by atoms with van der Waals surface area (Å²) in [6, 6.07) is 15.4. The van der Waals surface area contributed by atoms with Crippen molar-refractivity contribution in [3.63, 3.8) is 0 Å². The van der Waals surface area contributed by atoms with E-state index in [2.05, 4.69) is 17.4 Å². The minimum Gasteiger partial charge on any atom is -0.310 e. The Morgan fingerprint density at radius 2 is 1.86 bits per heavy atom. The largest absolute Gasteiger partial charge is 0.310 e. The van der Waals surface area contributed by atoms with Gasteiger partial charge in [0.15, 0.2) is 0 Å². The number of nitro groups is 1. The monoisotopic (exact) mass is 284 g/mol. The van der Waals surface area contributed by atoms with Gasteiger partial charge in [-0.25, -0.2) is 0 Å². The van der Waals surface area contributed by atoms with Gasteiger partial charge in [0.25, 0.3) is 5.69 Å². The van der Waals surface area contributed by atoms with Crippen molar-refractivity contribution in [3.8, 4) is 0 Å². The minimum atomic E-state index is -0.295. The van der Waals surface area contributed by atoms with Crippen molar-refractivity contribution in [2.24, 2.45) is 0 Å². The van der Waals surface area contributed by atoms with Gasteiger partial charge in [0.1, 0.15) is 0 Å².